The molecule has 0 radical (unpaired) electrons. The number of fused-ring (bicyclic) bond motifs is 5. The van der Waals surface area contributed by atoms with Gasteiger partial charge < -0.3 is 4.74 Å². The molecule has 0 saturated carbocycles. The Kier molecular flexibility index (Phi) is 4.25. The van der Waals surface area contributed by atoms with Crippen molar-refractivity contribution in [1.82, 2.24) is 4.90 Å². The second kappa shape index (κ2) is 6.94. The standard InChI is InChI=1S/C23H17ClN2O3/c24-16-10-11-20-18(14-16)26-21(17-8-4-5-9-19(17)29-20)22(27)25(23(26)28)13-12-15-6-2-1-3-7-15/h1-11,14,21H,12-13H2. The molecule has 2 aliphatic rings. The second-order valence-corrected chi connectivity index (χ2v) is 7.47. The van der Waals surface area contributed by atoms with E-state index in [-0.39, 0.29) is 11.9 Å². The lowest BCUT2D eigenvalue weighted by atomic mass is 10.0. The zero-order valence-electron chi connectivity index (χ0n) is 15.4. The Morgan fingerprint density at radius 1 is 0.897 bits per heavy atom. The quantitative estimate of drug-likeness (QED) is 0.564. The first-order valence-electron chi connectivity index (χ1n) is 9.38. The minimum absolute atomic E-state index is 0.255. The summed E-state index contributed by atoms with van der Waals surface area (Å²) in [7, 11) is 0. The summed E-state index contributed by atoms with van der Waals surface area (Å²) in [5, 5.41) is 0.472. The summed E-state index contributed by atoms with van der Waals surface area (Å²) < 4.78 is 6.03. The van der Waals surface area contributed by atoms with Crippen LogP contribution in [0, 0.1) is 0 Å². The van der Waals surface area contributed by atoms with Crippen molar-refractivity contribution in [1.29, 1.82) is 0 Å². The van der Waals surface area contributed by atoms with Crippen LogP contribution in [0.1, 0.15) is 17.2 Å². The Morgan fingerprint density at radius 2 is 1.66 bits per heavy atom. The molecule has 0 bridgehead atoms. The highest BCUT2D eigenvalue weighted by molar-refractivity contribution is 6.31. The lowest BCUT2D eigenvalue weighted by Gasteiger charge is -2.20. The van der Waals surface area contributed by atoms with Gasteiger partial charge in [-0.3, -0.25) is 14.6 Å². The van der Waals surface area contributed by atoms with Crippen molar-refractivity contribution in [2.75, 3.05) is 11.4 Å². The summed E-state index contributed by atoms with van der Waals surface area (Å²) in [5.74, 6) is 0.805. The van der Waals surface area contributed by atoms with Gasteiger partial charge in [-0.05, 0) is 36.2 Å². The Morgan fingerprint density at radius 3 is 2.48 bits per heavy atom. The molecular formula is C23H17ClN2O3. The highest BCUT2D eigenvalue weighted by atomic mass is 35.5. The van der Waals surface area contributed by atoms with E-state index in [0.29, 0.717) is 40.7 Å². The van der Waals surface area contributed by atoms with E-state index in [1.807, 2.05) is 54.6 Å². The van der Waals surface area contributed by atoms with E-state index in [1.165, 1.54) is 9.80 Å². The summed E-state index contributed by atoms with van der Waals surface area (Å²) >= 11 is 6.20. The number of rotatable bonds is 3. The number of hydrogen-bond acceptors (Lipinski definition) is 3. The van der Waals surface area contributed by atoms with Crippen LogP contribution < -0.4 is 9.64 Å². The molecule has 29 heavy (non-hydrogen) atoms. The maximum absolute atomic E-state index is 13.4. The van der Waals surface area contributed by atoms with Crippen LogP contribution in [0.3, 0.4) is 0 Å². The zero-order chi connectivity index (χ0) is 20.0. The number of hydrogen-bond donors (Lipinski definition) is 0. The predicted molar refractivity (Wildman–Crippen MR) is 110 cm³/mol. The Labute approximate surface area is 173 Å². The van der Waals surface area contributed by atoms with E-state index in [0.717, 1.165) is 5.56 Å². The molecule has 3 amide bonds. The van der Waals surface area contributed by atoms with Gasteiger partial charge in [0.25, 0.3) is 5.91 Å². The van der Waals surface area contributed by atoms with Crippen molar-refractivity contribution in [2.24, 2.45) is 0 Å². The SMILES string of the molecule is O=C1C2c3ccccc3Oc3ccc(Cl)cc3N2C(=O)N1CCc1ccccc1. The predicted octanol–water partition coefficient (Wildman–Crippen LogP) is 5.20. The third-order valence-electron chi connectivity index (χ3n) is 5.28. The van der Waals surface area contributed by atoms with Crippen LogP contribution in [0.15, 0.2) is 72.8 Å². The van der Waals surface area contributed by atoms with Gasteiger partial charge in [0, 0.05) is 17.1 Å². The van der Waals surface area contributed by atoms with Gasteiger partial charge in [-0.2, -0.15) is 0 Å². The Bertz CT molecular complexity index is 1120. The molecular weight excluding hydrogens is 388 g/mol. The van der Waals surface area contributed by atoms with Crippen molar-refractivity contribution < 1.29 is 14.3 Å². The van der Waals surface area contributed by atoms with E-state index < -0.39 is 6.04 Å². The molecule has 3 aromatic rings. The number of amides is 3. The lowest BCUT2D eigenvalue weighted by Crippen LogP contribution is -2.34. The Balaban J connectivity index is 1.57. The van der Waals surface area contributed by atoms with Crippen LogP contribution in [0.5, 0.6) is 11.5 Å². The number of nitrogens with zero attached hydrogens (tertiary/aromatic N) is 2. The van der Waals surface area contributed by atoms with Crippen molar-refractivity contribution in [3.8, 4) is 11.5 Å². The first-order valence-corrected chi connectivity index (χ1v) is 9.76. The number of urea groups is 1. The van der Waals surface area contributed by atoms with E-state index in [4.69, 9.17) is 16.3 Å². The van der Waals surface area contributed by atoms with E-state index in [2.05, 4.69) is 0 Å². The number of carbonyl (C=O) groups excluding carboxylic acids is 2. The minimum Gasteiger partial charge on any atom is -0.455 e. The fourth-order valence-corrected chi connectivity index (χ4v) is 4.05. The van der Waals surface area contributed by atoms with Crippen molar-refractivity contribution in [3.05, 3.63) is 88.9 Å². The number of imide groups is 1. The molecule has 0 aliphatic carbocycles. The molecule has 5 nitrogen and oxygen atoms in total. The van der Waals surface area contributed by atoms with Gasteiger partial charge in [0.05, 0.1) is 5.69 Å². The van der Waals surface area contributed by atoms with Crippen molar-refractivity contribution in [3.63, 3.8) is 0 Å². The van der Waals surface area contributed by atoms with Crippen molar-refractivity contribution in [2.45, 2.75) is 12.5 Å². The van der Waals surface area contributed by atoms with E-state index in [9.17, 15) is 9.59 Å². The largest absolute Gasteiger partial charge is 0.455 e. The number of ether oxygens (including phenoxy) is 1. The number of para-hydroxylation sites is 1. The van der Waals surface area contributed by atoms with E-state index in [1.54, 1.807) is 18.2 Å². The van der Waals surface area contributed by atoms with Gasteiger partial charge in [-0.15, -0.1) is 0 Å². The Hall–Kier alpha value is -3.31. The van der Waals surface area contributed by atoms with Crippen LogP contribution in [0.2, 0.25) is 5.02 Å². The first-order chi connectivity index (χ1) is 14.1. The molecule has 0 N–H and O–H groups in total. The third-order valence-corrected chi connectivity index (χ3v) is 5.51. The molecule has 6 heteroatoms. The van der Waals surface area contributed by atoms with Gasteiger partial charge in [0.1, 0.15) is 11.8 Å². The van der Waals surface area contributed by atoms with Crippen molar-refractivity contribution >= 4 is 29.2 Å². The first kappa shape index (κ1) is 17.8. The fraction of sp³-hybridized carbons (Fsp3) is 0.130. The molecule has 3 aromatic carbocycles. The van der Waals surface area contributed by atoms with Crippen LogP contribution in [-0.4, -0.2) is 23.4 Å². The molecule has 1 fully saturated rings. The normalized spacial score (nSPS) is 17.3. The summed E-state index contributed by atoms with van der Waals surface area (Å²) in [4.78, 5) is 29.5. The van der Waals surface area contributed by atoms with Gasteiger partial charge in [0.2, 0.25) is 0 Å². The summed E-state index contributed by atoms with van der Waals surface area (Å²) in [5.41, 5.74) is 2.24. The van der Waals surface area contributed by atoms with Crippen LogP contribution in [-0.2, 0) is 11.2 Å². The highest BCUT2D eigenvalue weighted by Crippen LogP contribution is 2.48. The minimum atomic E-state index is -0.769. The number of benzene rings is 3. The average Bonchev–Trinajstić information content (AvgIpc) is 2.89. The number of halogens is 1. The molecule has 5 rings (SSSR count). The zero-order valence-corrected chi connectivity index (χ0v) is 16.2. The van der Waals surface area contributed by atoms with E-state index >= 15 is 0 Å². The number of carbonyl (C=O) groups is 2. The molecule has 0 aromatic heterocycles. The molecule has 1 atom stereocenters. The second-order valence-electron chi connectivity index (χ2n) is 7.03. The molecule has 144 valence electrons. The lowest BCUT2D eigenvalue weighted by molar-refractivity contribution is -0.127. The van der Waals surface area contributed by atoms with Crippen LogP contribution in [0.25, 0.3) is 0 Å². The maximum atomic E-state index is 13.4. The monoisotopic (exact) mass is 404 g/mol. The topological polar surface area (TPSA) is 49.9 Å². The fourth-order valence-electron chi connectivity index (χ4n) is 3.88. The van der Waals surface area contributed by atoms with Gasteiger partial charge in [-0.1, -0.05) is 60.1 Å². The van der Waals surface area contributed by atoms with Gasteiger partial charge in [0.15, 0.2) is 5.75 Å². The average molecular weight is 405 g/mol. The molecule has 2 aliphatic heterocycles. The van der Waals surface area contributed by atoms with Gasteiger partial charge in [-0.25, -0.2) is 4.79 Å². The highest BCUT2D eigenvalue weighted by Gasteiger charge is 2.49. The molecule has 0 spiro atoms. The molecule has 1 saturated heterocycles. The summed E-state index contributed by atoms with van der Waals surface area (Å²) in [6.07, 6.45) is 0.597. The smallest absolute Gasteiger partial charge is 0.332 e. The van der Waals surface area contributed by atoms with Crippen LogP contribution >= 0.6 is 11.6 Å². The summed E-state index contributed by atoms with van der Waals surface area (Å²) in [6.45, 7) is 0.313. The summed E-state index contributed by atoms with van der Waals surface area (Å²) in [6, 6.07) is 21.1. The van der Waals surface area contributed by atoms with Crippen LogP contribution in [0.4, 0.5) is 10.5 Å². The van der Waals surface area contributed by atoms with Gasteiger partial charge >= 0.3 is 6.03 Å². The third kappa shape index (κ3) is 2.95. The maximum Gasteiger partial charge on any atom is 0.332 e. The number of anilines is 1. The molecule has 1 unspecified atom stereocenters. The molecule has 2 heterocycles.